The molecule has 23 heavy (non-hydrogen) atoms. The summed E-state index contributed by atoms with van der Waals surface area (Å²) in [6.45, 7) is 3.51. The van der Waals surface area contributed by atoms with E-state index in [2.05, 4.69) is 10.4 Å². The molecular formula is C15H20N4O3S. The van der Waals surface area contributed by atoms with Crippen molar-refractivity contribution in [2.45, 2.75) is 18.7 Å². The second-order valence-electron chi connectivity index (χ2n) is 5.53. The van der Waals surface area contributed by atoms with Gasteiger partial charge in [-0.1, -0.05) is 0 Å². The minimum Gasteiger partial charge on any atom is -0.305 e. The third kappa shape index (κ3) is 3.43. The van der Waals surface area contributed by atoms with Crippen LogP contribution in [0.25, 0.3) is 0 Å². The number of anilines is 1. The molecule has 7 nitrogen and oxygen atoms in total. The largest absolute Gasteiger partial charge is 0.305 e. The first kappa shape index (κ1) is 17.2. The van der Waals surface area contributed by atoms with Gasteiger partial charge in [0.25, 0.3) is 5.91 Å². The summed E-state index contributed by atoms with van der Waals surface area (Å²) in [6.07, 6.45) is 1.71. The lowest BCUT2D eigenvalue weighted by Gasteiger charge is -2.16. The maximum absolute atomic E-state index is 12.4. The van der Waals surface area contributed by atoms with E-state index in [1.54, 1.807) is 43.9 Å². The van der Waals surface area contributed by atoms with Gasteiger partial charge in [-0.05, 0) is 37.1 Å². The lowest BCUT2D eigenvalue weighted by atomic mass is 10.1. The van der Waals surface area contributed by atoms with Crippen LogP contribution in [-0.2, 0) is 17.1 Å². The molecule has 2 rings (SSSR count). The quantitative estimate of drug-likeness (QED) is 0.918. The van der Waals surface area contributed by atoms with Gasteiger partial charge in [0.1, 0.15) is 0 Å². The lowest BCUT2D eigenvalue weighted by molar-refractivity contribution is 0.102. The Hall–Kier alpha value is -2.19. The molecule has 124 valence electrons. The molecule has 0 saturated carbocycles. The van der Waals surface area contributed by atoms with E-state index in [9.17, 15) is 13.2 Å². The SMILES string of the molecule is Cc1cc(C(=O)Nc2ccn(C)n2)cc(S(=O)(=O)N(C)C)c1C. The molecule has 0 aliphatic heterocycles. The molecule has 0 spiro atoms. The molecule has 0 bridgehead atoms. The fourth-order valence-electron chi connectivity index (χ4n) is 2.09. The Balaban J connectivity index is 2.44. The maximum Gasteiger partial charge on any atom is 0.256 e. The summed E-state index contributed by atoms with van der Waals surface area (Å²) in [6, 6.07) is 4.73. The molecule has 1 heterocycles. The van der Waals surface area contributed by atoms with Crippen LogP contribution in [0.4, 0.5) is 5.82 Å². The second kappa shape index (κ2) is 6.13. The van der Waals surface area contributed by atoms with Crippen LogP contribution < -0.4 is 5.32 Å². The summed E-state index contributed by atoms with van der Waals surface area (Å²) in [5, 5.41) is 6.73. The average Bonchev–Trinajstić information content (AvgIpc) is 2.86. The number of aryl methyl sites for hydroxylation is 2. The summed E-state index contributed by atoms with van der Waals surface area (Å²) >= 11 is 0. The Morgan fingerprint density at radius 1 is 1.26 bits per heavy atom. The molecule has 1 aromatic heterocycles. The molecule has 2 aromatic rings. The third-order valence-corrected chi connectivity index (χ3v) is 5.54. The van der Waals surface area contributed by atoms with E-state index >= 15 is 0 Å². The van der Waals surface area contributed by atoms with Crippen molar-refractivity contribution in [2.75, 3.05) is 19.4 Å². The van der Waals surface area contributed by atoms with Gasteiger partial charge in [-0.25, -0.2) is 12.7 Å². The number of benzene rings is 1. The average molecular weight is 336 g/mol. The van der Waals surface area contributed by atoms with Crippen molar-refractivity contribution in [2.24, 2.45) is 7.05 Å². The molecule has 1 aromatic carbocycles. The van der Waals surface area contributed by atoms with Crippen molar-refractivity contribution in [3.05, 3.63) is 41.1 Å². The Kier molecular flexibility index (Phi) is 4.58. The predicted octanol–water partition coefficient (Wildman–Crippen LogP) is 1.54. The smallest absolute Gasteiger partial charge is 0.256 e. The van der Waals surface area contributed by atoms with Gasteiger partial charge in [0.05, 0.1) is 4.90 Å². The van der Waals surface area contributed by atoms with E-state index in [1.165, 1.54) is 20.2 Å². The van der Waals surface area contributed by atoms with Crippen LogP contribution in [-0.4, -0.2) is 42.5 Å². The fourth-order valence-corrected chi connectivity index (χ4v) is 3.31. The van der Waals surface area contributed by atoms with Gasteiger partial charge in [0.2, 0.25) is 10.0 Å². The zero-order chi connectivity index (χ0) is 17.4. The molecular weight excluding hydrogens is 316 g/mol. The van der Waals surface area contributed by atoms with Gasteiger partial charge >= 0.3 is 0 Å². The number of hydrogen-bond acceptors (Lipinski definition) is 4. The topological polar surface area (TPSA) is 84.3 Å². The number of sulfonamides is 1. The van der Waals surface area contributed by atoms with Crippen LogP contribution in [0, 0.1) is 13.8 Å². The Morgan fingerprint density at radius 3 is 2.43 bits per heavy atom. The van der Waals surface area contributed by atoms with Gasteiger partial charge in [-0.15, -0.1) is 0 Å². The molecule has 0 atom stereocenters. The highest BCUT2D eigenvalue weighted by atomic mass is 32.2. The highest BCUT2D eigenvalue weighted by molar-refractivity contribution is 7.89. The highest BCUT2D eigenvalue weighted by Gasteiger charge is 2.23. The van der Waals surface area contributed by atoms with E-state index in [1.807, 2.05) is 0 Å². The number of aromatic nitrogens is 2. The van der Waals surface area contributed by atoms with Crippen molar-refractivity contribution >= 4 is 21.7 Å². The highest BCUT2D eigenvalue weighted by Crippen LogP contribution is 2.23. The molecule has 8 heteroatoms. The van der Waals surface area contributed by atoms with Crippen molar-refractivity contribution in [1.82, 2.24) is 14.1 Å². The minimum absolute atomic E-state index is 0.133. The van der Waals surface area contributed by atoms with Crippen LogP contribution in [0.15, 0.2) is 29.3 Å². The summed E-state index contributed by atoms with van der Waals surface area (Å²) in [4.78, 5) is 12.5. The molecule has 1 N–H and O–H groups in total. The number of carbonyl (C=O) groups excluding carboxylic acids is 1. The zero-order valence-corrected chi connectivity index (χ0v) is 14.6. The number of carbonyl (C=O) groups is 1. The predicted molar refractivity (Wildman–Crippen MR) is 88.0 cm³/mol. The Labute approximate surface area is 136 Å². The van der Waals surface area contributed by atoms with Gasteiger partial charge in [-0.3, -0.25) is 9.48 Å². The molecule has 0 aliphatic rings. The van der Waals surface area contributed by atoms with Crippen LogP contribution in [0.3, 0.4) is 0 Å². The van der Waals surface area contributed by atoms with Gasteiger partial charge < -0.3 is 5.32 Å². The summed E-state index contributed by atoms with van der Waals surface area (Å²) in [5.74, 6) is 0.00903. The van der Waals surface area contributed by atoms with Crippen LogP contribution in [0.2, 0.25) is 0 Å². The molecule has 0 radical (unpaired) electrons. The van der Waals surface area contributed by atoms with Gasteiger partial charge in [0, 0.05) is 39.0 Å². The molecule has 0 fully saturated rings. The van der Waals surface area contributed by atoms with E-state index in [0.717, 1.165) is 9.87 Å². The number of amides is 1. The van der Waals surface area contributed by atoms with E-state index in [-0.39, 0.29) is 10.5 Å². The molecule has 0 saturated heterocycles. The lowest BCUT2D eigenvalue weighted by Crippen LogP contribution is -2.24. The van der Waals surface area contributed by atoms with Gasteiger partial charge in [0.15, 0.2) is 5.82 Å². The van der Waals surface area contributed by atoms with E-state index in [0.29, 0.717) is 11.4 Å². The maximum atomic E-state index is 12.4. The van der Waals surface area contributed by atoms with Crippen LogP contribution in [0.5, 0.6) is 0 Å². The Bertz CT molecular complexity index is 854. The second-order valence-corrected chi connectivity index (χ2v) is 7.65. The fraction of sp³-hybridized carbons (Fsp3) is 0.333. The van der Waals surface area contributed by atoms with E-state index in [4.69, 9.17) is 0 Å². The number of rotatable bonds is 4. The first-order valence-electron chi connectivity index (χ1n) is 6.97. The van der Waals surface area contributed by atoms with Crippen molar-refractivity contribution in [3.63, 3.8) is 0 Å². The summed E-state index contributed by atoms with van der Waals surface area (Å²) < 4.78 is 27.5. The van der Waals surface area contributed by atoms with Crippen LogP contribution in [0.1, 0.15) is 21.5 Å². The Morgan fingerprint density at radius 2 is 1.91 bits per heavy atom. The first-order valence-corrected chi connectivity index (χ1v) is 8.41. The molecule has 1 amide bonds. The van der Waals surface area contributed by atoms with Crippen molar-refractivity contribution in [3.8, 4) is 0 Å². The first-order chi connectivity index (χ1) is 10.6. The van der Waals surface area contributed by atoms with Crippen molar-refractivity contribution in [1.29, 1.82) is 0 Å². The third-order valence-electron chi connectivity index (χ3n) is 3.60. The summed E-state index contributed by atoms with van der Waals surface area (Å²) in [5.41, 5.74) is 1.64. The minimum atomic E-state index is -3.62. The van der Waals surface area contributed by atoms with Gasteiger partial charge in [-0.2, -0.15) is 5.10 Å². The van der Waals surface area contributed by atoms with Crippen molar-refractivity contribution < 1.29 is 13.2 Å². The normalized spacial score (nSPS) is 11.7. The monoisotopic (exact) mass is 336 g/mol. The number of hydrogen-bond donors (Lipinski definition) is 1. The molecule has 0 aliphatic carbocycles. The number of nitrogens with one attached hydrogen (secondary N) is 1. The zero-order valence-electron chi connectivity index (χ0n) is 13.8. The molecule has 0 unspecified atom stereocenters. The van der Waals surface area contributed by atoms with Crippen LogP contribution >= 0.6 is 0 Å². The van der Waals surface area contributed by atoms with E-state index < -0.39 is 15.9 Å². The number of nitrogens with zero attached hydrogens (tertiary/aromatic N) is 3. The summed E-state index contributed by atoms with van der Waals surface area (Å²) in [7, 11) is 1.05. The standard InChI is InChI=1S/C15H20N4O3S/c1-10-8-12(15(20)16-14-6-7-19(5)17-14)9-13(11(10)2)23(21,22)18(3)4/h6-9H,1-5H3,(H,16,17,20).